The lowest BCUT2D eigenvalue weighted by Crippen LogP contribution is -2.25. The second-order valence-corrected chi connectivity index (χ2v) is 7.65. The lowest BCUT2D eigenvalue weighted by atomic mass is 10.2. The summed E-state index contributed by atoms with van der Waals surface area (Å²) in [7, 11) is 0. The van der Waals surface area contributed by atoms with Gasteiger partial charge in [-0.1, -0.05) is 56.7 Å². The fourth-order valence-corrected chi connectivity index (χ4v) is 3.67. The van der Waals surface area contributed by atoms with E-state index in [2.05, 4.69) is 43.0 Å². The van der Waals surface area contributed by atoms with Crippen molar-refractivity contribution >= 4 is 23.4 Å². The van der Waals surface area contributed by atoms with Crippen molar-refractivity contribution in [3.05, 3.63) is 54.1 Å². The second-order valence-electron chi connectivity index (χ2n) is 6.51. The lowest BCUT2D eigenvalue weighted by molar-refractivity contribution is -0.136. The van der Waals surface area contributed by atoms with Gasteiger partial charge in [0.15, 0.2) is 0 Å². The molecule has 0 aliphatic rings. The van der Waals surface area contributed by atoms with E-state index in [1.807, 2.05) is 24.3 Å². The van der Waals surface area contributed by atoms with E-state index >= 15 is 0 Å². The summed E-state index contributed by atoms with van der Waals surface area (Å²) in [6, 6.07) is 16.5. The van der Waals surface area contributed by atoms with Crippen LogP contribution in [0.4, 0.5) is 5.69 Å². The first kappa shape index (κ1) is 20.4. The van der Waals surface area contributed by atoms with E-state index in [1.165, 1.54) is 36.3 Å². The number of rotatable bonds is 11. The minimum absolute atomic E-state index is 0.0737. The number of carboxylic acid groups (broad SMARTS) is 1. The van der Waals surface area contributed by atoms with Gasteiger partial charge < -0.3 is 10.0 Å². The van der Waals surface area contributed by atoms with Crippen LogP contribution in [0, 0.1) is 0 Å². The van der Waals surface area contributed by atoms with Crippen LogP contribution in [-0.2, 0) is 11.2 Å². The molecule has 0 aromatic heterocycles. The summed E-state index contributed by atoms with van der Waals surface area (Å²) >= 11 is 1.72. The number of hydrogen-bond donors (Lipinski definition) is 1. The molecule has 1 N–H and O–H groups in total. The van der Waals surface area contributed by atoms with Crippen LogP contribution in [0.15, 0.2) is 58.3 Å². The highest BCUT2D eigenvalue weighted by Crippen LogP contribution is 2.31. The summed E-state index contributed by atoms with van der Waals surface area (Å²) in [5, 5.41) is 8.87. The fourth-order valence-electron chi connectivity index (χ4n) is 2.80. The Morgan fingerprint density at radius 3 is 2.19 bits per heavy atom. The van der Waals surface area contributed by atoms with E-state index in [9.17, 15) is 4.79 Å². The zero-order valence-corrected chi connectivity index (χ0v) is 16.6. The summed E-state index contributed by atoms with van der Waals surface area (Å²) in [4.78, 5) is 15.6. The summed E-state index contributed by atoms with van der Waals surface area (Å²) in [6.07, 6.45) is 4.92. The summed E-state index contributed by atoms with van der Waals surface area (Å²) in [5.41, 5.74) is 2.13. The van der Waals surface area contributed by atoms with Crippen molar-refractivity contribution < 1.29 is 9.90 Å². The molecule has 140 valence electrons. The number of aliphatic carboxylic acids is 1. The molecule has 0 aliphatic carbocycles. The molecule has 0 radical (unpaired) electrons. The van der Waals surface area contributed by atoms with Crippen molar-refractivity contribution in [1.29, 1.82) is 0 Å². The number of anilines is 1. The SMILES string of the molecule is CCCCN(CCCC)c1cccc(Sc2ccc(CC(=O)O)cc2)c1. The molecule has 4 heteroatoms. The summed E-state index contributed by atoms with van der Waals surface area (Å²) in [5.74, 6) is -0.794. The Labute approximate surface area is 161 Å². The highest BCUT2D eigenvalue weighted by atomic mass is 32.2. The fraction of sp³-hybridized carbons (Fsp3) is 0.409. The molecule has 26 heavy (non-hydrogen) atoms. The van der Waals surface area contributed by atoms with Crippen LogP contribution >= 0.6 is 11.8 Å². The van der Waals surface area contributed by atoms with Gasteiger partial charge in [-0.15, -0.1) is 0 Å². The van der Waals surface area contributed by atoms with Crippen LogP contribution in [0.1, 0.15) is 45.1 Å². The van der Waals surface area contributed by atoms with Crippen molar-refractivity contribution in [2.45, 2.75) is 55.7 Å². The molecule has 3 nitrogen and oxygen atoms in total. The van der Waals surface area contributed by atoms with Crippen molar-refractivity contribution in [3.63, 3.8) is 0 Å². The second kappa shape index (κ2) is 10.9. The van der Waals surface area contributed by atoms with Crippen LogP contribution in [0.25, 0.3) is 0 Å². The molecular formula is C22H29NO2S. The van der Waals surface area contributed by atoms with Gasteiger partial charge in [-0.2, -0.15) is 0 Å². The van der Waals surface area contributed by atoms with Gasteiger partial charge >= 0.3 is 5.97 Å². The van der Waals surface area contributed by atoms with Crippen molar-refractivity contribution in [3.8, 4) is 0 Å². The highest BCUT2D eigenvalue weighted by Gasteiger charge is 2.07. The molecule has 0 saturated heterocycles. The number of hydrogen-bond acceptors (Lipinski definition) is 3. The van der Waals surface area contributed by atoms with Gasteiger partial charge in [-0.05, 0) is 48.7 Å². The first-order chi connectivity index (χ1) is 12.6. The van der Waals surface area contributed by atoms with Crippen LogP contribution in [0.2, 0.25) is 0 Å². The van der Waals surface area contributed by atoms with Gasteiger partial charge in [-0.25, -0.2) is 0 Å². The number of carboxylic acids is 1. The van der Waals surface area contributed by atoms with Crippen molar-refractivity contribution in [2.24, 2.45) is 0 Å². The third kappa shape index (κ3) is 6.75. The molecule has 0 bridgehead atoms. The Morgan fingerprint density at radius 1 is 0.962 bits per heavy atom. The number of carbonyl (C=O) groups is 1. The number of nitrogens with zero attached hydrogens (tertiary/aromatic N) is 1. The predicted molar refractivity (Wildman–Crippen MR) is 110 cm³/mol. The molecular weight excluding hydrogens is 342 g/mol. The zero-order valence-electron chi connectivity index (χ0n) is 15.8. The Kier molecular flexibility index (Phi) is 8.56. The van der Waals surface area contributed by atoms with Crippen LogP contribution in [0.5, 0.6) is 0 Å². The Balaban J connectivity index is 2.07. The van der Waals surface area contributed by atoms with E-state index in [0.29, 0.717) is 0 Å². The normalized spacial score (nSPS) is 10.7. The molecule has 0 fully saturated rings. The lowest BCUT2D eigenvalue weighted by Gasteiger charge is -2.25. The van der Waals surface area contributed by atoms with Gasteiger partial charge in [-0.3, -0.25) is 4.79 Å². The third-order valence-corrected chi connectivity index (χ3v) is 5.26. The minimum atomic E-state index is -0.794. The van der Waals surface area contributed by atoms with Crippen LogP contribution < -0.4 is 4.90 Å². The quantitative estimate of drug-likeness (QED) is 0.536. The largest absolute Gasteiger partial charge is 0.481 e. The Hall–Kier alpha value is -1.94. The van der Waals surface area contributed by atoms with Gasteiger partial charge in [0, 0.05) is 28.6 Å². The van der Waals surface area contributed by atoms with Crippen LogP contribution in [-0.4, -0.2) is 24.2 Å². The van der Waals surface area contributed by atoms with E-state index in [1.54, 1.807) is 11.8 Å². The third-order valence-electron chi connectivity index (χ3n) is 4.26. The smallest absolute Gasteiger partial charge is 0.307 e. The predicted octanol–water partition coefficient (Wildman–Crippen LogP) is 5.87. The molecule has 0 amide bonds. The summed E-state index contributed by atoms with van der Waals surface area (Å²) < 4.78 is 0. The van der Waals surface area contributed by atoms with Crippen molar-refractivity contribution in [1.82, 2.24) is 0 Å². The van der Waals surface area contributed by atoms with Gasteiger partial charge in [0.2, 0.25) is 0 Å². The van der Waals surface area contributed by atoms with Gasteiger partial charge in [0.25, 0.3) is 0 Å². The zero-order chi connectivity index (χ0) is 18.8. The molecule has 2 aromatic rings. The van der Waals surface area contributed by atoms with E-state index in [0.717, 1.165) is 23.5 Å². The minimum Gasteiger partial charge on any atom is -0.481 e. The maximum atomic E-state index is 10.8. The standard InChI is InChI=1S/C22H29NO2S/c1-3-5-14-23(15-6-4-2)19-8-7-9-21(17-19)26-20-12-10-18(11-13-20)16-22(24)25/h7-13,17H,3-6,14-16H2,1-2H3,(H,24,25). The Morgan fingerprint density at radius 2 is 1.62 bits per heavy atom. The Bertz CT molecular complexity index is 677. The van der Waals surface area contributed by atoms with Crippen LogP contribution in [0.3, 0.4) is 0 Å². The topological polar surface area (TPSA) is 40.5 Å². The molecule has 0 atom stereocenters. The maximum Gasteiger partial charge on any atom is 0.307 e. The van der Waals surface area contributed by atoms with Gasteiger partial charge in [0.1, 0.15) is 0 Å². The maximum absolute atomic E-state index is 10.8. The number of unbranched alkanes of at least 4 members (excludes halogenated alkanes) is 2. The average molecular weight is 372 g/mol. The van der Waals surface area contributed by atoms with E-state index in [-0.39, 0.29) is 6.42 Å². The molecule has 0 spiro atoms. The first-order valence-corrected chi connectivity index (χ1v) is 10.3. The first-order valence-electron chi connectivity index (χ1n) is 9.46. The van der Waals surface area contributed by atoms with E-state index in [4.69, 9.17) is 5.11 Å². The average Bonchev–Trinajstić information content (AvgIpc) is 2.63. The monoisotopic (exact) mass is 371 g/mol. The molecule has 0 heterocycles. The molecule has 0 saturated carbocycles. The highest BCUT2D eigenvalue weighted by molar-refractivity contribution is 7.99. The molecule has 0 unspecified atom stereocenters. The molecule has 0 aliphatic heterocycles. The molecule has 2 rings (SSSR count). The van der Waals surface area contributed by atoms with Crippen molar-refractivity contribution in [2.75, 3.05) is 18.0 Å². The van der Waals surface area contributed by atoms with Gasteiger partial charge in [0.05, 0.1) is 6.42 Å². The molecule has 2 aromatic carbocycles. The van der Waals surface area contributed by atoms with E-state index < -0.39 is 5.97 Å². The summed E-state index contributed by atoms with van der Waals surface area (Å²) in [6.45, 7) is 6.68. The number of benzene rings is 2.